The van der Waals surface area contributed by atoms with Crippen LogP contribution in [0.25, 0.3) is 0 Å². The standard InChI is InChI=1S/C11H15BrFN/c1-3-4-14-7-9-5-8(2)10(12)6-11(9)13/h5-6,14H,3-4,7H2,1-2H3. The molecular weight excluding hydrogens is 245 g/mol. The van der Waals surface area contributed by atoms with Crippen LogP contribution in [0, 0.1) is 12.7 Å². The number of rotatable bonds is 4. The monoisotopic (exact) mass is 259 g/mol. The second kappa shape index (κ2) is 5.47. The maximum atomic E-state index is 13.4. The molecule has 0 heterocycles. The van der Waals surface area contributed by atoms with Gasteiger partial charge in [0.1, 0.15) is 5.82 Å². The van der Waals surface area contributed by atoms with Crippen molar-refractivity contribution in [1.82, 2.24) is 5.32 Å². The Morgan fingerprint density at radius 3 is 2.79 bits per heavy atom. The van der Waals surface area contributed by atoms with Gasteiger partial charge in [-0.3, -0.25) is 0 Å². The second-order valence-electron chi connectivity index (χ2n) is 3.37. The molecule has 1 aromatic carbocycles. The third kappa shape index (κ3) is 3.07. The summed E-state index contributed by atoms with van der Waals surface area (Å²) in [7, 11) is 0. The molecule has 0 saturated heterocycles. The average Bonchev–Trinajstić information content (AvgIpc) is 2.14. The first-order valence-corrected chi connectivity index (χ1v) is 5.59. The van der Waals surface area contributed by atoms with Crippen LogP contribution in [0.2, 0.25) is 0 Å². The zero-order valence-electron chi connectivity index (χ0n) is 8.53. The Bertz CT molecular complexity index is 312. The zero-order chi connectivity index (χ0) is 10.6. The van der Waals surface area contributed by atoms with Gasteiger partial charge in [0.05, 0.1) is 0 Å². The average molecular weight is 260 g/mol. The lowest BCUT2D eigenvalue weighted by Gasteiger charge is -2.07. The Labute approximate surface area is 92.8 Å². The van der Waals surface area contributed by atoms with Crippen LogP contribution in [0.3, 0.4) is 0 Å². The molecule has 0 amide bonds. The van der Waals surface area contributed by atoms with Crippen molar-refractivity contribution in [1.29, 1.82) is 0 Å². The normalized spacial score (nSPS) is 10.6. The molecule has 0 spiro atoms. The molecule has 0 aliphatic heterocycles. The van der Waals surface area contributed by atoms with Crippen LogP contribution in [-0.2, 0) is 6.54 Å². The van der Waals surface area contributed by atoms with Crippen molar-refractivity contribution in [2.45, 2.75) is 26.8 Å². The first kappa shape index (κ1) is 11.7. The fourth-order valence-electron chi connectivity index (χ4n) is 1.25. The van der Waals surface area contributed by atoms with E-state index in [0.29, 0.717) is 6.54 Å². The van der Waals surface area contributed by atoms with E-state index in [1.807, 2.05) is 13.0 Å². The lowest BCUT2D eigenvalue weighted by Crippen LogP contribution is -2.15. The fourth-order valence-corrected chi connectivity index (χ4v) is 1.57. The highest BCUT2D eigenvalue weighted by atomic mass is 79.9. The van der Waals surface area contributed by atoms with Crippen molar-refractivity contribution >= 4 is 15.9 Å². The van der Waals surface area contributed by atoms with E-state index in [2.05, 4.69) is 28.2 Å². The van der Waals surface area contributed by atoms with E-state index in [1.54, 1.807) is 0 Å². The van der Waals surface area contributed by atoms with Crippen molar-refractivity contribution in [2.24, 2.45) is 0 Å². The summed E-state index contributed by atoms with van der Waals surface area (Å²) in [5.41, 5.74) is 1.80. The van der Waals surface area contributed by atoms with Crippen LogP contribution in [0.5, 0.6) is 0 Å². The number of halogens is 2. The highest BCUT2D eigenvalue weighted by molar-refractivity contribution is 9.10. The highest BCUT2D eigenvalue weighted by Gasteiger charge is 2.04. The molecule has 14 heavy (non-hydrogen) atoms. The highest BCUT2D eigenvalue weighted by Crippen LogP contribution is 2.20. The van der Waals surface area contributed by atoms with E-state index < -0.39 is 0 Å². The van der Waals surface area contributed by atoms with Gasteiger partial charge in [0.15, 0.2) is 0 Å². The van der Waals surface area contributed by atoms with Crippen molar-refractivity contribution in [3.05, 3.63) is 33.5 Å². The van der Waals surface area contributed by atoms with E-state index in [4.69, 9.17) is 0 Å². The molecule has 1 aromatic rings. The SMILES string of the molecule is CCCNCc1cc(C)c(Br)cc1F. The summed E-state index contributed by atoms with van der Waals surface area (Å²) in [5, 5.41) is 3.18. The number of nitrogens with one attached hydrogen (secondary N) is 1. The molecule has 0 aliphatic rings. The Kier molecular flexibility index (Phi) is 4.55. The van der Waals surface area contributed by atoms with Gasteiger partial charge >= 0.3 is 0 Å². The summed E-state index contributed by atoms with van der Waals surface area (Å²) in [4.78, 5) is 0. The summed E-state index contributed by atoms with van der Waals surface area (Å²) in [5.74, 6) is -0.147. The summed E-state index contributed by atoms with van der Waals surface area (Å²) in [6.07, 6.45) is 1.07. The molecular formula is C11H15BrFN. The van der Waals surface area contributed by atoms with E-state index in [1.165, 1.54) is 6.07 Å². The van der Waals surface area contributed by atoms with E-state index in [0.717, 1.165) is 28.6 Å². The first-order chi connectivity index (χ1) is 6.65. The van der Waals surface area contributed by atoms with Gasteiger partial charge in [-0.05, 0) is 31.5 Å². The van der Waals surface area contributed by atoms with Gasteiger partial charge in [-0.2, -0.15) is 0 Å². The van der Waals surface area contributed by atoms with E-state index in [-0.39, 0.29) is 5.82 Å². The number of hydrogen-bond donors (Lipinski definition) is 1. The molecule has 0 aromatic heterocycles. The quantitative estimate of drug-likeness (QED) is 0.818. The van der Waals surface area contributed by atoms with Gasteiger partial charge in [0.2, 0.25) is 0 Å². The van der Waals surface area contributed by atoms with Crippen LogP contribution in [0.15, 0.2) is 16.6 Å². The Morgan fingerprint density at radius 1 is 1.43 bits per heavy atom. The molecule has 3 heteroatoms. The maximum absolute atomic E-state index is 13.4. The third-order valence-electron chi connectivity index (χ3n) is 2.07. The van der Waals surface area contributed by atoms with Crippen LogP contribution in [-0.4, -0.2) is 6.54 Å². The topological polar surface area (TPSA) is 12.0 Å². The van der Waals surface area contributed by atoms with E-state index in [9.17, 15) is 4.39 Å². The minimum atomic E-state index is -0.147. The van der Waals surface area contributed by atoms with Crippen LogP contribution < -0.4 is 5.32 Å². The van der Waals surface area contributed by atoms with Gasteiger partial charge in [0.25, 0.3) is 0 Å². The van der Waals surface area contributed by atoms with Crippen molar-refractivity contribution < 1.29 is 4.39 Å². The van der Waals surface area contributed by atoms with Crippen molar-refractivity contribution in [3.8, 4) is 0 Å². The molecule has 78 valence electrons. The number of hydrogen-bond acceptors (Lipinski definition) is 1. The Morgan fingerprint density at radius 2 is 2.14 bits per heavy atom. The van der Waals surface area contributed by atoms with Crippen LogP contribution >= 0.6 is 15.9 Å². The van der Waals surface area contributed by atoms with Gasteiger partial charge in [-0.15, -0.1) is 0 Å². The summed E-state index contributed by atoms with van der Waals surface area (Å²) < 4.78 is 14.2. The van der Waals surface area contributed by atoms with Crippen LogP contribution in [0.4, 0.5) is 4.39 Å². The Balaban J connectivity index is 2.72. The summed E-state index contributed by atoms with van der Waals surface area (Å²) in [6, 6.07) is 3.40. The lowest BCUT2D eigenvalue weighted by molar-refractivity contribution is 0.585. The summed E-state index contributed by atoms with van der Waals surface area (Å²) >= 11 is 3.30. The minimum absolute atomic E-state index is 0.147. The number of aryl methyl sites for hydroxylation is 1. The van der Waals surface area contributed by atoms with Crippen molar-refractivity contribution in [3.63, 3.8) is 0 Å². The molecule has 0 aliphatic carbocycles. The largest absolute Gasteiger partial charge is 0.313 e. The predicted molar refractivity (Wildman–Crippen MR) is 60.8 cm³/mol. The van der Waals surface area contributed by atoms with Crippen molar-refractivity contribution in [2.75, 3.05) is 6.54 Å². The zero-order valence-corrected chi connectivity index (χ0v) is 10.1. The molecule has 0 saturated carbocycles. The van der Waals surface area contributed by atoms with Gasteiger partial charge in [-0.25, -0.2) is 4.39 Å². The predicted octanol–water partition coefficient (Wildman–Crippen LogP) is 3.40. The molecule has 1 nitrogen and oxygen atoms in total. The molecule has 0 unspecified atom stereocenters. The molecule has 0 fully saturated rings. The second-order valence-corrected chi connectivity index (χ2v) is 4.22. The molecule has 1 N–H and O–H groups in total. The van der Waals surface area contributed by atoms with E-state index >= 15 is 0 Å². The molecule has 1 rings (SSSR count). The first-order valence-electron chi connectivity index (χ1n) is 4.80. The third-order valence-corrected chi connectivity index (χ3v) is 2.92. The number of benzene rings is 1. The smallest absolute Gasteiger partial charge is 0.128 e. The summed E-state index contributed by atoms with van der Waals surface area (Å²) in [6.45, 7) is 5.59. The molecule has 0 bridgehead atoms. The molecule has 0 atom stereocenters. The maximum Gasteiger partial charge on any atom is 0.128 e. The minimum Gasteiger partial charge on any atom is -0.313 e. The van der Waals surface area contributed by atoms with Crippen LogP contribution in [0.1, 0.15) is 24.5 Å². The van der Waals surface area contributed by atoms with Gasteiger partial charge < -0.3 is 5.32 Å². The van der Waals surface area contributed by atoms with Gasteiger partial charge in [-0.1, -0.05) is 28.9 Å². The fraction of sp³-hybridized carbons (Fsp3) is 0.455. The Hall–Kier alpha value is -0.410. The lowest BCUT2D eigenvalue weighted by atomic mass is 10.1. The van der Waals surface area contributed by atoms with Gasteiger partial charge in [0, 0.05) is 16.6 Å². The molecule has 0 radical (unpaired) electrons.